The summed E-state index contributed by atoms with van der Waals surface area (Å²) in [7, 11) is 0. The van der Waals surface area contributed by atoms with Crippen molar-refractivity contribution in [1.29, 1.82) is 0 Å². The van der Waals surface area contributed by atoms with Crippen LogP contribution >= 0.6 is 0 Å². The summed E-state index contributed by atoms with van der Waals surface area (Å²) in [5.74, 6) is -0.361. The summed E-state index contributed by atoms with van der Waals surface area (Å²) in [6.45, 7) is 7.32. The van der Waals surface area contributed by atoms with Gasteiger partial charge in [-0.25, -0.2) is 4.98 Å². The Hall–Kier alpha value is -2.80. The standard InChI is InChI=1S/C22H28N4O3/c1-15-6-7-18(11-16(15)2)25-21(27)8-9-26(14-19-5-4-10-29-19)22(28)20-13-23-17(3)12-24-20/h6-7,11-13,19H,4-5,8-10,14H2,1-3H3,(H,25,27). The highest BCUT2D eigenvalue weighted by molar-refractivity contribution is 5.94. The first-order valence-electron chi connectivity index (χ1n) is 9.99. The van der Waals surface area contributed by atoms with Gasteiger partial charge in [-0.15, -0.1) is 0 Å². The average Bonchev–Trinajstić information content (AvgIpc) is 3.21. The van der Waals surface area contributed by atoms with Crippen LogP contribution in [0, 0.1) is 20.8 Å². The number of nitrogens with one attached hydrogen (secondary N) is 1. The fourth-order valence-electron chi connectivity index (χ4n) is 3.25. The van der Waals surface area contributed by atoms with Crippen LogP contribution in [0.15, 0.2) is 30.6 Å². The van der Waals surface area contributed by atoms with Crippen molar-refractivity contribution in [2.75, 3.05) is 25.0 Å². The van der Waals surface area contributed by atoms with Crippen LogP contribution in [0.5, 0.6) is 0 Å². The Balaban J connectivity index is 1.63. The number of nitrogens with zero attached hydrogens (tertiary/aromatic N) is 3. The zero-order valence-corrected chi connectivity index (χ0v) is 17.3. The van der Waals surface area contributed by atoms with E-state index < -0.39 is 0 Å². The van der Waals surface area contributed by atoms with Gasteiger partial charge in [0.25, 0.3) is 5.91 Å². The molecule has 0 saturated carbocycles. The van der Waals surface area contributed by atoms with E-state index in [-0.39, 0.29) is 30.0 Å². The quantitative estimate of drug-likeness (QED) is 0.778. The molecule has 1 unspecified atom stereocenters. The van der Waals surface area contributed by atoms with Crippen LogP contribution in [0.1, 0.15) is 46.6 Å². The van der Waals surface area contributed by atoms with Gasteiger partial charge in [0.1, 0.15) is 5.69 Å². The SMILES string of the molecule is Cc1cnc(C(=O)N(CCC(=O)Nc2ccc(C)c(C)c2)CC2CCCO2)cn1. The van der Waals surface area contributed by atoms with Crippen LogP contribution in [0.4, 0.5) is 5.69 Å². The van der Waals surface area contributed by atoms with Gasteiger partial charge in [0.05, 0.1) is 18.0 Å². The molecule has 7 nitrogen and oxygen atoms in total. The topological polar surface area (TPSA) is 84.4 Å². The monoisotopic (exact) mass is 396 g/mol. The van der Waals surface area contributed by atoms with Crippen molar-refractivity contribution in [3.63, 3.8) is 0 Å². The van der Waals surface area contributed by atoms with Gasteiger partial charge in [0.2, 0.25) is 5.91 Å². The number of aromatic nitrogens is 2. The normalized spacial score (nSPS) is 15.9. The maximum Gasteiger partial charge on any atom is 0.274 e. The number of anilines is 1. The van der Waals surface area contributed by atoms with Crippen molar-refractivity contribution in [2.24, 2.45) is 0 Å². The molecule has 1 atom stereocenters. The molecule has 2 heterocycles. The second kappa shape index (κ2) is 9.60. The summed E-state index contributed by atoms with van der Waals surface area (Å²) in [6, 6.07) is 5.82. The molecule has 1 aliphatic heterocycles. The number of amides is 2. The van der Waals surface area contributed by atoms with Crippen LogP contribution < -0.4 is 5.32 Å². The lowest BCUT2D eigenvalue weighted by atomic mass is 10.1. The maximum atomic E-state index is 12.9. The van der Waals surface area contributed by atoms with Gasteiger partial charge in [0.15, 0.2) is 0 Å². The molecule has 0 spiro atoms. The molecule has 0 bridgehead atoms. The Labute approximate surface area is 171 Å². The van der Waals surface area contributed by atoms with Crippen molar-refractivity contribution in [3.05, 3.63) is 53.1 Å². The van der Waals surface area contributed by atoms with Crippen molar-refractivity contribution in [1.82, 2.24) is 14.9 Å². The van der Waals surface area contributed by atoms with E-state index in [1.807, 2.05) is 39.0 Å². The molecule has 0 aliphatic carbocycles. The van der Waals surface area contributed by atoms with E-state index in [1.165, 1.54) is 11.8 Å². The molecule has 1 aromatic carbocycles. The average molecular weight is 396 g/mol. The first-order valence-corrected chi connectivity index (χ1v) is 9.99. The van der Waals surface area contributed by atoms with Crippen LogP contribution in [0.2, 0.25) is 0 Å². The molecular formula is C22H28N4O3. The minimum Gasteiger partial charge on any atom is -0.376 e. The molecule has 154 valence electrons. The van der Waals surface area contributed by atoms with Crippen molar-refractivity contribution in [3.8, 4) is 0 Å². The number of hydrogen-bond acceptors (Lipinski definition) is 5. The molecule has 3 rings (SSSR count). The van der Waals surface area contributed by atoms with E-state index in [0.29, 0.717) is 19.7 Å². The van der Waals surface area contributed by atoms with E-state index in [1.54, 1.807) is 11.1 Å². The molecule has 7 heteroatoms. The Morgan fingerprint density at radius 3 is 2.66 bits per heavy atom. The predicted molar refractivity (Wildman–Crippen MR) is 111 cm³/mol. The number of rotatable bonds is 7. The highest BCUT2D eigenvalue weighted by Gasteiger charge is 2.25. The van der Waals surface area contributed by atoms with E-state index in [0.717, 1.165) is 29.8 Å². The van der Waals surface area contributed by atoms with E-state index in [9.17, 15) is 9.59 Å². The number of aryl methyl sites for hydroxylation is 3. The molecule has 1 fully saturated rings. The lowest BCUT2D eigenvalue weighted by Gasteiger charge is -2.25. The summed E-state index contributed by atoms with van der Waals surface area (Å²) < 4.78 is 5.68. The van der Waals surface area contributed by atoms with Gasteiger partial charge in [0, 0.05) is 38.0 Å². The first-order chi connectivity index (χ1) is 13.9. The minimum absolute atomic E-state index is 0.000155. The zero-order valence-electron chi connectivity index (χ0n) is 17.3. The first kappa shape index (κ1) is 20.9. The van der Waals surface area contributed by atoms with Gasteiger partial charge in [-0.05, 0) is 56.9 Å². The number of hydrogen-bond donors (Lipinski definition) is 1. The third-order valence-corrected chi connectivity index (χ3v) is 5.13. The van der Waals surface area contributed by atoms with Crippen LogP contribution in [0.25, 0.3) is 0 Å². The van der Waals surface area contributed by atoms with Gasteiger partial charge in [-0.3, -0.25) is 14.6 Å². The molecule has 1 saturated heterocycles. The second-order valence-corrected chi connectivity index (χ2v) is 7.53. The van der Waals surface area contributed by atoms with Crippen LogP contribution in [-0.2, 0) is 9.53 Å². The zero-order chi connectivity index (χ0) is 20.8. The summed E-state index contributed by atoms with van der Waals surface area (Å²) in [4.78, 5) is 35.4. The van der Waals surface area contributed by atoms with E-state index >= 15 is 0 Å². The number of benzene rings is 1. The van der Waals surface area contributed by atoms with Crippen molar-refractivity contribution in [2.45, 2.75) is 46.1 Å². The third kappa shape index (κ3) is 5.84. The predicted octanol–water partition coefficient (Wildman–Crippen LogP) is 3.05. The fraction of sp³-hybridized carbons (Fsp3) is 0.455. The fourth-order valence-corrected chi connectivity index (χ4v) is 3.25. The van der Waals surface area contributed by atoms with Crippen LogP contribution in [-0.4, -0.2) is 52.5 Å². The van der Waals surface area contributed by atoms with E-state index in [4.69, 9.17) is 4.74 Å². The maximum absolute atomic E-state index is 12.9. The number of carbonyl (C=O) groups is 2. The Morgan fingerprint density at radius 2 is 2.00 bits per heavy atom. The summed E-state index contributed by atoms with van der Waals surface area (Å²) in [5, 5.41) is 2.91. The second-order valence-electron chi connectivity index (χ2n) is 7.53. The van der Waals surface area contributed by atoms with Gasteiger partial charge in [-0.1, -0.05) is 6.07 Å². The minimum atomic E-state index is -0.230. The lowest BCUT2D eigenvalue weighted by molar-refractivity contribution is -0.116. The number of ether oxygens (including phenoxy) is 1. The van der Waals surface area contributed by atoms with Crippen LogP contribution in [0.3, 0.4) is 0 Å². The number of carbonyl (C=O) groups excluding carboxylic acids is 2. The molecule has 2 aromatic rings. The molecule has 1 aliphatic rings. The Kier molecular flexibility index (Phi) is 6.93. The highest BCUT2D eigenvalue weighted by atomic mass is 16.5. The molecule has 1 aromatic heterocycles. The lowest BCUT2D eigenvalue weighted by Crippen LogP contribution is -2.39. The van der Waals surface area contributed by atoms with Crippen molar-refractivity contribution < 1.29 is 14.3 Å². The Bertz CT molecular complexity index is 861. The highest BCUT2D eigenvalue weighted by Crippen LogP contribution is 2.16. The van der Waals surface area contributed by atoms with Crippen molar-refractivity contribution >= 4 is 17.5 Å². The third-order valence-electron chi connectivity index (χ3n) is 5.13. The molecular weight excluding hydrogens is 368 g/mol. The van der Waals surface area contributed by atoms with Gasteiger partial charge < -0.3 is 15.0 Å². The summed E-state index contributed by atoms with van der Waals surface area (Å²) in [6.07, 6.45) is 5.16. The smallest absolute Gasteiger partial charge is 0.274 e. The summed E-state index contributed by atoms with van der Waals surface area (Å²) >= 11 is 0. The molecule has 29 heavy (non-hydrogen) atoms. The largest absolute Gasteiger partial charge is 0.376 e. The van der Waals surface area contributed by atoms with E-state index in [2.05, 4.69) is 15.3 Å². The Morgan fingerprint density at radius 1 is 1.17 bits per heavy atom. The summed E-state index contributed by atoms with van der Waals surface area (Å²) in [5.41, 5.74) is 4.09. The molecule has 1 N–H and O–H groups in total. The van der Waals surface area contributed by atoms with Gasteiger partial charge in [-0.2, -0.15) is 0 Å². The molecule has 2 amide bonds. The van der Waals surface area contributed by atoms with Gasteiger partial charge >= 0.3 is 0 Å². The molecule has 0 radical (unpaired) electrons.